The van der Waals surface area contributed by atoms with E-state index in [9.17, 15) is 9.59 Å². The number of carbonyl (C=O) groups is 2. The molecule has 1 unspecified atom stereocenters. The molecule has 0 spiro atoms. The van der Waals surface area contributed by atoms with Gasteiger partial charge in [-0.2, -0.15) is 0 Å². The maximum absolute atomic E-state index is 12.5. The SMILES string of the molecule is CCN(CC1CC1)C(=O)N1CCCCC1CC(=O)O. The predicted molar refractivity (Wildman–Crippen MR) is 72.0 cm³/mol. The number of amides is 2. The fourth-order valence-corrected chi connectivity index (χ4v) is 2.80. The van der Waals surface area contributed by atoms with Crippen LogP contribution >= 0.6 is 0 Å². The second-order valence-electron chi connectivity index (χ2n) is 5.71. The molecule has 5 nitrogen and oxygen atoms in total. The Morgan fingerprint density at radius 1 is 1.26 bits per heavy atom. The van der Waals surface area contributed by atoms with E-state index < -0.39 is 5.97 Å². The van der Waals surface area contributed by atoms with E-state index >= 15 is 0 Å². The smallest absolute Gasteiger partial charge is 0.320 e. The molecule has 2 aliphatic rings. The van der Waals surface area contributed by atoms with Crippen molar-refractivity contribution in [2.24, 2.45) is 5.92 Å². The lowest BCUT2D eigenvalue weighted by atomic mass is 10.00. The Balaban J connectivity index is 1.98. The highest BCUT2D eigenvalue weighted by molar-refractivity contribution is 5.76. The molecule has 0 bridgehead atoms. The number of urea groups is 1. The van der Waals surface area contributed by atoms with E-state index in [2.05, 4.69) is 0 Å². The Hall–Kier alpha value is -1.26. The Kier molecular flexibility index (Phi) is 4.66. The Morgan fingerprint density at radius 2 is 2.00 bits per heavy atom. The van der Waals surface area contributed by atoms with Crippen molar-refractivity contribution < 1.29 is 14.7 Å². The number of nitrogens with zero attached hydrogens (tertiary/aromatic N) is 2. The Labute approximate surface area is 114 Å². The summed E-state index contributed by atoms with van der Waals surface area (Å²) >= 11 is 0. The van der Waals surface area contributed by atoms with Crippen LogP contribution in [-0.4, -0.2) is 52.6 Å². The van der Waals surface area contributed by atoms with Crippen molar-refractivity contribution in [3.8, 4) is 0 Å². The first kappa shape index (κ1) is 14.2. The summed E-state index contributed by atoms with van der Waals surface area (Å²) in [7, 11) is 0. The molecule has 19 heavy (non-hydrogen) atoms. The van der Waals surface area contributed by atoms with Crippen LogP contribution in [0.25, 0.3) is 0 Å². The lowest BCUT2D eigenvalue weighted by molar-refractivity contribution is -0.138. The molecule has 1 N–H and O–H groups in total. The van der Waals surface area contributed by atoms with Gasteiger partial charge in [0.1, 0.15) is 0 Å². The van der Waals surface area contributed by atoms with Gasteiger partial charge in [0.25, 0.3) is 0 Å². The molecule has 108 valence electrons. The quantitative estimate of drug-likeness (QED) is 0.831. The van der Waals surface area contributed by atoms with Crippen LogP contribution in [0.2, 0.25) is 0 Å². The maximum atomic E-state index is 12.5. The van der Waals surface area contributed by atoms with Crippen LogP contribution in [0.3, 0.4) is 0 Å². The molecule has 1 aliphatic carbocycles. The van der Waals surface area contributed by atoms with Crippen molar-refractivity contribution in [1.82, 2.24) is 9.80 Å². The van der Waals surface area contributed by atoms with Gasteiger partial charge in [-0.1, -0.05) is 0 Å². The van der Waals surface area contributed by atoms with Gasteiger partial charge in [-0.25, -0.2) is 4.79 Å². The fourth-order valence-electron chi connectivity index (χ4n) is 2.80. The van der Waals surface area contributed by atoms with Crippen molar-refractivity contribution in [1.29, 1.82) is 0 Å². The number of aliphatic carboxylic acids is 1. The Bertz CT molecular complexity index is 342. The second kappa shape index (κ2) is 6.26. The summed E-state index contributed by atoms with van der Waals surface area (Å²) in [6, 6.07) is -0.0765. The van der Waals surface area contributed by atoms with Crippen molar-refractivity contribution >= 4 is 12.0 Å². The van der Waals surface area contributed by atoms with Crippen LogP contribution in [0.4, 0.5) is 4.79 Å². The second-order valence-corrected chi connectivity index (χ2v) is 5.71. The number of carboxylic acid groups (broad SMARTS) is 1. The first-order valence-corrected chi connectivity index (χ1v) is 7.39. The summed E-state index contributed by atoms with van der Waals surface area (Å²) in [4.78, 5) is 27.1. The van der Waals surface area contributed by atoms with E-state index in [1.807, 2.05) is 11.8 Å². The number of hydrogen-bond acceptors (Lipinski definition) is 2. The molecule has 0 aromatic rings. The number of piperidine rings is 1. The summed E-state index contributed by atoms with van der Waals surface area (Å²) in [6.07, 6.45) is 5.36. The molecular formula is C14H24N2O3. The van der Waals surface area contributed by atoms with Gasteiger partial charge in [0, 0.05) is 25.7 Å². The zero-order valence-electron chi connectivity index (χ0n) is 11.7. The van der Waals surface area contributed by atoms with Gasteiger partial charge in [0.05, 0.1) is 6.42 Å². The molecule has 5 heteroatoms. The summed E-state index contributed by atoms with van der Waals surface area (Å²) in [5, 5.41) is 8.96. The van der Waals surface area contributed by atoms with Crippen LogP contribution in [0.15, 0.2) is 0 Å². The molecule has 2 rings (SSSR count). The van der Waals surface area contributed by atoms with Crippen LogP contribution < -0.4 is 0 Å². The fraction of sp³-hybridized carbons (Fsp3) is 0.857. The van der Waals surface area contributed by atoms with E-state index in [-0.39, 0.29) is 18.5 Å². The average molecular weight is 268 g/mol. The van der Waals surface area contributed by atoms with Crippen LogP contribution in [0, 0.1) is 5.92 Å². The summed E-state index contributed by atoms with van der Waals surface area (Å²) in [5.41, 5.74) is 0. The lowest BCUT2D eigenvalue weighted by Crippen LogP contribution is -2.51. The predicted octanol–water partition coefficient (Wildman–Crippen LogP) is 2.17. The lowest BCUT2D eigenvalue weighted by Gasteiger charge is -2.38. The molecule has 0 aromatic heterocycles. The summed E-state index contributed by atoms with van der Waals surface area (Å²) in [5.74, 6) is -0.137. The zero-order valence-corrected chi connectivity index (χ0v) is 11.7. The third kappa shape index (κ3) is 3.85. The van der Waals surface area contributed by atoms with E-state index in [1.165, 1.54) is 12.8 Å². The van der Waals surface area contributed by atoms with Gasteiger partial charge in [0.15, 0.2) is 0 Å². The van der Waals surface area contributed by atoms with Gasteiger partial charge in [-0.05, 0) is 44.9 Å². The first-order chi connectivity index (χ1) is 9.11. The Morgan fingerprint density at radius 3 is 2.58 bits per heavy atom. The van der Waals surface area contributed by atoms with Crippen LogP contribution in [-0.2, 0) is 4.79 Å². The summed E-state index contributed by atoms with van der Waals surface area (Å²) in [6.45, 7) is 4.26. The van der Waals surface area contributed by atoms with E-state index in [4.69, 9.17) is 5.11 Å². The number of hydrogen-bond donors (Lipinski definition) is 1. The maximum Gasteiger partial charge on any atom is 0.320 e. The first-order valence-electron chi connectivity index (χ1n) is 7.39. The number of likely N-dealkylation sites (tertiary alicyclic amines) is 1. The number of carboxylic acids is 1. The van der Waals surface area contributed by atoms with Crippen molar-refractivity contribution in [2.45, 2.75) is 51.5 Å². The average Bonchev–Trinajstić information content (AvgIpc) is 3.19. The van der Waals surface area contributed by atoms with Crippen LogP contribution in [0.1, 0.15) is 45.4 Å². The largest absolute Gasteiger partial charge is 0.481 e. The van der Waals surface area contributed by atoms with Crippen molar-refractivity contribution in [3.05, 3.63) is 0 Å². The minimum absolute atomic E-state index is 0.0420. The topological polar surface area (TPSA) is 60.9 Å². The van der Waals surface area contributed by atoms with E-state index in [0.717, 1.165) is 25.8 Å². The molecule has 1 heterocycles. The van der Waals surface area contributed by atoms with Gasteiger partial charge in [0.2, 0.25) is 0 Å². The molecule has 0 radical (unpaired) electrons. The summed E-state index contributed by atoms with van der Waals surface area (Å²) < 4.78 is 0. The molecule has 1 atom stereocenters. The van der Waals surface area contributed by atoms with Gasteiger partial charge >= 0.3 is 12.0 Å². The van der Waals surface area contributed by atoms with Gasteiger partial charge in [-0.15, -0.1) is 0 Å². The minimum atomic E-state index is -0.810. The van der Waals surface area contributed by atoms with Gasteiger partial charge in [-0.3, -0.25) is 4.79 Å². The van der Waals surface area contributed by atoms with E-state index in [1.54, 1.807) is 4.90 Å². The highest BCUT2D eigenvalue weighted by atomic mass is 16.4. The standard InChI is InChI=1S/C14H24N2O3/c1-2-15(10-11-6-7-11)14(19)16-8-4-3-5-12(16)9-13(17)18/h11-12H,2-10H2,1H3,(H,17,18). The van der Waals surface area contributed by atoms with Crippen LogP contribution in [0.5, 0.6) is 0 Å². The van der Waals surface area contributed by atoms with Gasteiger partial charge < -0.3 is 14.9 Å². The van der Waals surface area contributed by atoms with Crippen molar-refractivity contribution in [2.75, 3.05) is 19.6 Å². The molecule has 2 amide bonds. The molecule has 0 aromatic carbocycles. The highest BCUT2D eigenvalue weighted by Gasteiger charge is 2.33. The monoisotopic (exact) mass is 268 g/mol. The number of rotatable bonds is 5. The minimum Gasteiger partial charge on any atom is -0.481 e. The normalized spacial score (nSPS) is 23.2. The molecule has 1 saturated heterocycles. The van der Waals surface area contributed by atoms with Crippen molar-refractivity contribution in [3.63, 3.8) is 0 Å². The molecular weight excluding hydrogens is 244 g/mol. The zero-order chi connectivity index (χ0) is 13.8. The molecule has 1 aliphatic heterocycles. The molecule has 1 saturated carbocycles. The highest BCUT2D eigenvalue weighted by Crippen LogP contribution is 2.30. The third-order valence-corrected chi connectivity index (χ3v) is 4.11. The molecule has 2 fully saturated rings. The van der Waals surface area contributed by atoms with E-state index in [0.29, 0.717) is 19.0 Å². The third-order valence-electron chi connectivity index (χ3n) is 4.11. The number of carbonyl (C=O) groups excluding carboxylic acids is 1.